The van der Waals surface area contributed by atoms with E-state index < -0.39 is 5.82 Å². The van der Waals surface area contributed by atoms with E-state index in [1.165, 1.54) is 29.4 Å². The first kappa shape index (κ1) is 22.7. The number of nitrogens with one attached hydrogen (secondary N) is 1. The number of nitrogens with zero attached hydrogens (tertiary/aromatic N) is 5. The summed E-state index contributed by atoms with van der Waals surface area (Å²) >= 11 is 0. The number of carbonyl (C=O) groups is 1. The molecule has 3 rings (SSSR count). The molecule has 9 nitrogen and oxygen atoms in total. The van der Waals surface area contributed by atoms with Crippen molar-refractivity contribution in [1.82, 2.24) is 19.9 Å². The van der Waals surface area contributed by atoms with E-state index >= 15 is 0 Å². The number of carbonyl (C=O) groups excluding carboxylic acids is 1. The Labute approximate surface area is 185 Å². The predicted molar refractivity (Wildman–Crippen MR) is 119 cm³/mol. The largest absolute Gasteiger partial charge is 0.488 e. The molecule has 3 aromatic rings. The molecule has 0 aliphatic carbocycles. The number of aromatic nitrogens is 3. The monoisotopic (exact) mass is 437 g/mol. The van der Waals surface area contributed by atoms with Crippen LogP contribution in [0, 0.1) is 17.1 Å². The number of rotatable bonds is 7. The molecular formula is C22H24FN7O2. The van der Waals surface area contributed by atoms with Crippen molar-refractivity contribution in [3.05, 3.63) is 47.2 Å². The smallest absolute Gasteiger partial charge is 0.257 e. The molecule has 166 valence electrons. The Bertz CT molecular complexity index is 1210. The minimum absolute atomic E-state index is 0.0820. The molecule has 0 spiro atoms. The highest BCUT2D eigenvalue weighted by Gasteiger charge is 2.24. The number of nitrogens with two attached hydrogens (primary N) is 1. The van der Waals surface area contributed by atoms with Gasteiger partial charge >= 0.3 is 0 Å². The standard InChI is InChI=1S/C22H24FN7O2/c1-12(2)32-19-17(7-8-26-21-15(10-24)20(25)27-11-28-21)29-16-6-5-13(23)9-14(16)18(19)22(31)30(3)4/h5-6,9,11-12H,7-8H2,1-4H3,(H3,25,26,27,28). The summed E-state index contributed by atoms with van der Waals surface area (Å²) in [5.41, 5.74) is 7.14. The number of nitriles is 1. The third kappa shape index (κ3) is 4.67. The molecule has 1 amide bonds. The minimum Gasteiger partial charge on any atom is -0.488 e. The van der Waals surface area contributed by atoms with Gasteiger partial charge in [0.15, 0.2) is 5.75 Å². The van der Waals surface area contributed by atoms with Crippen LogP contribution in [0.2, 0.25) is 0 Å². The van der Waals surface area contributed by atoms with Crippen LogP contribution in [-0.2, 0) is 6.42 Å². The molecule has 0 radical (unpaired) electrons. The lowest BCUT2D eigenvalue weighted by Crippen LogP contribution is -2.25. The van der Waals surface area contributed by atoms with E-state index in [9.17, 15) is 14.4 Å². The molecule has 0 saturated carbocycles. The molecular weight excluding hydrogens is 413 g/mol. The SMILES string of the molecule is CC(C)Oc1c(CCNc2ncnc(N)c2C#N)nc2ccc(F)cc2c1C(=O)N(C)C. The van der Waals surface area contributed by atoms with Crippen molar-refractivity contribution in [3.8, 4) is 11.8 Å². The first-order chi connectivity index (χ1) is 15.2. The molecule has 2 heterocycles. The molecule has 2 aromatic heterocycles. The molecule has 0 bridgehead atoms. The molecule has 32 heavy (non-hydrogen) atoms. The maximum Gasteiger partial charge on any atom is 0.257 e. The Balaban J connectivity index is 2.06. The van der Waals surface area contributed by atoms with Crippen LogP contribution >= 0.6 is 0 Å². The van der Waals surface area contributed by atoms with Crippen LogP contribution in [0.4, 0.5) is 16.0 Å². The maximum absolute atomic E-state index is 14.0. The third-order valence-electron chi connectivity index (χ3n) is 4.59. The molecule has 0 aliphatic rings. The Kier molecular flexibility index (Phi) is 6.68. The van der Waals surface area contributed by atoms with E-state index in [0.29, 0.717) is 41.1 Å². The van der Waals surface area contributed by atoms with Crippen molar-refractivity contribution in [2.75, 3.05) is 31.7 Å². The van der Waals surface area contributed by atoms with Crippen LogP contribution in [0.1, 0.15) is 35.5 Å². The second-order valence-corrected chi connectivity index (χ2v) is 7.56. The van der Waals surface area contributed by atoms with Crippen molar-refractivity contribution in [2.45, 2.75) is 26.4 Å². The third-order valence-corrected chi connectivity index (χ3v) is 4.59. The fourth-order valence-electron chi connectivity index (χ4n) is 3.18. The van der Waals surface area contributed by atoms with E-state index in [4.69, 9.17) is 10.5 Å². The number of ether oxygens (including phenoxy) is 1. The van der Waals surface area contributed by atoms with Gasteiger partial charge in [-0.15, -0.1) is 0 Å². The Hall–Kier alpha value is -4.00. The fourth-order valence-corrected chi connectivity index (χ4v) is 3.18. The van der Waals surface area contributed by atoms with Gasteiger partial charge in [0.1, 0.15) is 35.4 Å². The summed E-state index contributed by atoms with van der Waals surface area (Å²) in [6.07, 6.45) is 1.37. The normalized spacial score (nSPS) is 10.8. The first-order valence-corrected chi connectivity index (χ1v) is 9.97. The number of hydrogen-bond donors (Lipinski definition) is 2. The molecule has 10 heteroatoms. The van der Waals surface area contributed by atoms with Crippen LogP contribution in [0.15, 0.2) is 24.5 Å². The lowest BCUT2D eigenvalue weighted by Gasteiger charge is -2.21. The number of halogens is 1. The van der Waals surface area contributed by atoms with E-state index in [0.717, 1.165) is 0 Å². The molecule has 0 fully saturated rings. The van der Waals surface area contributed by atoms with Gasteiger partial charge in [-0.25, -0.2) is 19.3 Å². The average molecular weight is 437 g/mol. The number of fused-ring (bicyclic) bond motifs is 1. The van der Waals surface area contributed by atoms with Crippen molar-refractivity contribution in [1.29, 1.82) is 5.26 Å². The van der Waals surface area contributed by atoms with Gasteiger partial charge in [0.05, 0.1) is 22.9 Å². The number of anilines is 2. The van der Waals surface area contributed by atoms with Crippen LogP contribution < -0.4 is 15.8 Å². The second-order valence-electron chi connectivity index (χ2n) is 7.56. The highest BCUT2D eigenvalue weighted by molar-refractivity contribution is 6.08. The van der Waals surface area contributed by atoms with E-state index in [1.54, 1.807) is 14.1 Å². The Morgan fingerprint density at radius 1 is 1.34 bits per heavy atom. The molecule has 0 unspecified atom stereocenters. The minimum atomic E-state index is -0.470. The average Bonchev–Trinajstić information content (AvgIpc) is 2.73. The van der Waals surface area contributed by atoms with Gasteiger partial charge in [0.25, 0.3) is 5.91 Å². The van der Waals surface area contributed by atoms with Gasteiger partial charge in [0, 0.05) is 32.4 Å². The maximum atomic E-state index is 14.0. The molecule has 3 N–H and O–H groups in total. The molecule has 0 saturated heterocycles. The van der Waals surface area contributed by atoms with Crippen LogP contribution in [0.5, 0.6) is 5.75 Å². The summed E-state index contributed by atoms with van der Waals surface area (Å²) in [5, 5.41) is 12.7. The second kappa shape index (κ2) is 9.43. The number of pyridine rings is 1. The van der Waals surface area contributed by atoms with Crippen LogP contribution in [0.3, 0.4) is 0 Å². The lowest BCUT2D eigenvalue weighted by atomic mass is 10.0. The van der Waals surface area contributed by atoms with Crippen LogP contribution in [0.25, 0.3) is 10.9 Å². The van der Waals surface area contributed by atoms with Gasteiger partial charge in [0.2, 0.25) is 0 Å². The van der Waals surface area contributed by atoms with Crippen molar-refractivity contribution >= 4 is 28.4 Å². The lowest BCUT2D eigenvalue weighted by molar-refractivity contribution is 0.0823. The number of benzene rings is 1. The van der Waals surface area contributed by atoms with Gasteiger partial charge in [-0.1, -0.05) is 0 Å². The first-order valence-electron chi connectivity index (χ1n) is 9.97. The molecule has 0 aliphatic heterocycles. The zero-order valence-corrected chi connectivity index (χ0v) is 18.3. The predicted octanol–water partition coefficient (Wildman–Crippen LogP) is 2.76. The van der Waals surface area contributed by atoms with E-state index in [-0.39, 0.29) is 29.0 Å². The zero-order chi connectivity index (χ0) is 23.4. The summed E-state index contributed by atoms with van der Waals surface area (Å²) in [5.74, 6) is -0.0933. The van der Waals surface area contributed by atoms with E-state index in [1.807, 2.05) is 19.9 Å². The summed E-state index contributed by atoms with van der Waals surface area (Å²) in [6.45, 7) is 4.00. The fraction of sp³-hybridized carbons (Fsp3) is 0.318. The summed E-state index contributed by atoms with van der Waals surface area (Å²) in [6, 6.07) is 6.10. The number of hydrogen-bond acceptors (Lipinski definition) is 8. The quantitative estimate of drug-likeness (QED) is 0.577. The van der Waals surface area contributed by atoms with Crippen molar-refractivity contribution < 1.29 is 13.9 Å². The van der Waals surface area contributed by atoms with Crippen LogP contribution in [-0.4, -0.2) is 52.5 Å². The zero-order valence-electron chi connectivity index (χ0n) is 18.3. The summed E-state index contributed by atoms with van der Waals surface area (Å²) in [7, 11) is 3.24. The Morgan fingerprint density at radius 2 is 2.09 bits per heavy atom. The number of nitrogen functional groups attached to an aromatic ring is 1. The highest BCUT2D eigenvalue weighted by Crippen LogP contribution is 2.33. The van der Waals surface area contributed by atoms with E-state index in [2.05, 4.69) is 20.3 Å². The highest BCUT2D eigenvalue weighted by atomic mass is 19.1. The molecule has 0 atom stereocenters. The summed E-state index contributed by atoms with van der Waals surface area (Å²) < 4.78 is 20.0. The number of amides is 1. The van der Waals surface area contributed by atoms with Gasteiger partial charge < -0.3 is 20.7 Å². The van der Waals surface area contributed by atoms with Gasteiger partial charge in [-0.3, -0.25) is 4.79 Å². The van der Waals surface area contributed by atoms with Gasteiger partial charge in [-0.2, -0.15) is 5.26 Å². The van der Waals surface area contributed by atoms with Crippen molar-refractivity contribution in [3.63, 3.8) is 0 Å². The summed E-state index contributed by atoms with van der Waals surface area (Å²) in [4.78, 5) is 27.0. The van der Waals surface area contributed by atoms with Gasteiger partial charge in [-0.05, 0) is 32.0 Å². The Morgan fingerprint density at radius 3 is 2.75 bits per heavy atom. The van der Waals surface area contributed by atoms with Crippen molar-refractivity contribution in [2.24, 2.45) is 0 Å². The topological polar surface area (TPSA) is 130 Å². The molecule has 1 aromatic carbocycles.